The first-order chi connectivity index (χ1) is 11.7. The van der Waals surface area contributed by atoms with Gasteiger partial charge in [-0.25, -0.2) is 0 Å². The third kappa shape index (κ3) is 5.05. The van der Waals surface area contributed by atoms with Gasteiger partial charge in [0, 0.05) is 18.1 Å². The van der Waals surface area contributed by atoms with E-state index in [4.69, 9.17) is 0 Å². The molecule has 1 saturated carbocycles. The number of likely N-dealkylation sites (tertiary alicyclic amines) is 1. The second-order valence-electron chi connectivity index (χ2n) is 7.81. The molecule has 2 aliphatic rings. The lowest BCUT2D eigenvalue weighted by atomic mass is 9.92. The highest BCUT2D eigenvalue weighted by Crippen LogP contribution is 2.25. The van der Waals surface area contributed by atoms with Gasteiger partial charge < -0.3 is 15.3 Å². The molecule has 1 aliphatic carbocycles. The fourth-order valence-electron chi connectivity index (χ4n) is 4.39. The van der Waals surface area contributed by atoms with E-state index in [2.05, 4.69) is 29.3 Å². The fourth-order valence-corrected chi connectivity index (χ4v) is 4.39. The lowest BCUT2D eigenvalue weighted by molar-refractivity contribution is 0.0927. The standard InChI is InChI=1S/C21H34N2O/c1-17(21(24)16-18-8-4-2-5-9-18)22-19-12-14-23(15-13-19)20-10-6-3-7-11-20/h2,4-5,8-9,17,19-22,24H,3,6-7,10-16H2,1H3. The number of hydrogen-bond acceptors (Lipinski definition) is 3. The van der Waals surface area contributed by atoms with Crippen LogP contribution in [0.3, 0.4) is 0 Å². The number of piperidine rings is 1. The summed E-state index contributed by atoms with van der Waals surface area (Å²) in [4.78, 5) is 2.72. The van der Waals surface area contributed by atoms with Gasteiger partial charge in [-0.05, 0) is 57.7 Å². The van der Waals surface area contributed by atoms with Crippen molar-refractivity contribution in [3.05, 3.63) is 35.9 Å². The number of hydrogen-bond donors (Lipinski definition) is 2. The number of aliphatic hydroxyl groups is 1. The first-order valence-corrected chi connectivity index (χ1v) is 9.94. The largest absolute Gasteiger partial charge is 0.391 e. The zero-order valence-electron chi connectivity index (χ0n) is 15.2. The van der Waals surface area contributed by atoms with Crippen molar-refractivity contribution in [2.75, 3.05) is 13.1 Å². The topological polar surface area (TPSA) is 35.5 Å². The van der Waals surface area contributed by atoms with Gasteiger partial charge in [0.15, 0.2) is 0 Å². The maximum Gasteiger partial charge on any atom is 0.0730 e. The van der Waals surface area contributed by atoms with Crippen molar-refractivity contribution in [1.82, 2.24) is 10.2 Å². The van der Waals surface area contributed by atoms with E-state index in [1.165, 1.54) is 63.6 Å². The molecule has 1 aromatic rings. The van der Waals surface area contributed by atoms with Gasteiger partial charge in [-0.2, -0.15) is 0 Å². The van der Waals surface area contributed by atoms with E-state index >= 15 is 0 Å². The molecule has 2 unspecified atom stereocenters. The molecule has 0 bridgehead atoms. The summed E-state index contributed by atoms with van der Waals surface area (Å²) in [5, 5.41) is 14.2. The lowest BCUT2D eigenvalue weighted by Gasteiger charge is -2.40. The first kappa shape index (κ1) is 17.9. The molecule has 2 N–H and O–H groups in total. The third-order valence-corrected chi connectivity index (χ3v) is 5.98. The van der Waals surface area contributed by atoms with E-state index < -0.39 is 0 Å². The second-order valence-corrected chi connectivity index (χ2v) is 7.81. The Kier molecular flexibility index (Phi) is 6.70. The monoisotopic (exact) mass is 330 g/mol. The van der Waals surface area contributed by atoms with E-state index in [0.29, 0.717) is 6.04 Å². The molecule has 2 atom stereocenters. The average molecular weight is 331 g/mol. The Labute approximate surface area is 147 Å². The number of benzene rings is 1. The van der Waals surface area contributed by atoms with Gasteiger partial charge in [0.1, 0.15) is 0 Å². The summed E-state index contributed by atoms with van der Waals surface area (Å²) in [5.74, 6) is 0. The lowest BCUT2D eigenvalue weighted by Crippen LogP contribution is -2.51. The van der Waals surface area contributed by atoms with Crippen molar-refractivity contribution < 1.29 is 5.11 Å². The van der Waals surface area contributed by atoms with E-state index in [-0.39, 0.29) is 12.1 Å². The molecule has 0 spiro atoms. The predicted octanol–water partition coefficient (Wildman–Crippen LogP) is 3.37. The van der Waals surface area contributed by atoms with Crippen LogP contribution < -0.4 is 5.32 Å². The van der Waals surface area contributed by atoms with Crippen LogP contribution in [-0.4, -0.2) is 47.3 Å². The number of rotatable bonds is 6. The van der Waals surface area contributed by atoms with Crippen LogP contribution in [0.25, 0.3) is 0 Å². The normalized spacial score (nSPS) is 23.9. The molecule has 1 heterocycles. The number of nitrogens with one attached hydrogen (secondary N) is 1. The Morgan fingerprint density at radius 2 is 1.71 bits per heavy atom. The molecular weight excluding hydrogens is 296 g/mol. The summed E-state index contributed by atoms with van der Waals surface area (Å²) < 4.78 is 0. The molecule has 3 nitrogen and oxygen atoms in total. The van der Waals surface area contributed by atoms with Crippen LogP contribution in [0.1, 0.15) is 57.4 Å². The molecule has 1 saturated heterocycles. The molecule has 3 heteroatoms. The summed E-state index contributed by atoms with van der Waals surface area (Å²) in [6.45, 7) is 4.58. The highest BCUT2D eigenvalue weighted by Gasteiger charge is 2.27. The summed E-state index contributed by atoms with van der Waals surface area (Å²) in [7, 11) is 0. The molecular formula is C21H34N2O. The quantitative estimate of drug-likeness (QED) is 0.839. The summed E-state index contributed by atoms with van der Waals surface area (Å²) in [6, 6.07) is 11.9. The van der Waals surface area contributed by atoms with E-state index in [9.17, 15) is 5.11 Å². The van der Waals surface area contributed by atoms with E-state index in [0.717, 1.165) is 12.5 Å². The Bertz CT molecular complexity index is 464. The SMILES string of the molecule is CC(NC1CCN(C2CCCCC2)CC1)C(O)Cc1ccccc1. The van der Waals surface area contributed by atoms with Crippen LogP contribution >= 0.6 is 0 Å². The molecule has 0 aromatic heterocycles. The average Bonchev–Trinajstić information content (AvgIpc) is 2.64. The van der Waals surface area contributed by atoms with E-state index in [1.54, 1.807) is 0 Å². The van der Waals surface area contributed by atoms with E-state index in [1.807, 2.05) is 18.2 Å². The zero-order chi connectivity index (χ0) is 16.8. The van der Waals surface area contributed by atoms with Crippen molar-refractivity contribution in [3.8, 4) is 0 Å². The fraction of sp³-hybridized carbons (Fsp3) is 0.714. The molecule has 24 heavy (non-hydrogen) atoms. The molecule has 3 rings (SSSR count). The highest BCUT2D eigenvalue weighted by molar-refractivity contribution is 5.15. The molecule has 134 valence electrons. The summed E-state index contributed by atoms with van der Waals surface area (Å²) >= 11 is 0. The van der Waals surface area contributed by atoms with Gasteiger partial charge in [-0.3, -0.25) is 0 Å². The van der Waals surface area contributed by atoms with Crippen molar-refractivity contribution in [2.45, 2.75) is 82.5 Å². The number of nitrogens with zero attached hydrogens (tertiary/aromatic N) is 1. The highest BCUT2D eigenvalue weighted by atomic mass is 16.3. The molecule has 0 amide bonds. The van der Waals surface area contributed by atoms with Crippen LogP contribution in [0.5, 0.6) is 0 Å². The smallest absolute Gasteiger partial charge is 0.0730 e. The number of aliphatic hydroxyl groups excluding tert-OH is 1. The van der Waals surface area contributed by atoms with Gasteiger partial charge in [0.2, 0.25) is 0 Å². The molecule has 0 radical (unpaired) electrons. The van der Waals surface area contributed by atoms with Gasteiger partial charge in [0.05, 0.1) is 6.10 Å². The minimum absolute atomic E-state index is 0.149. The van der Waals surface area contributed by atoms with Crippen LogP contribution in [0.15, 0.2) is 30.3 Å². The zero-order valence-corrected chi connectivity index (χ0v) is 15.2. The predicted molar refractivity (Wildman–Crippen MR) is 100 cm³/mol. The molecule has 2 fully saturated rings. The van der Waals surface area contributed by atoms with Gasteiger partial charge >= 0.3 is 0 Å². The van der Waals surface area contributed by atoms with Crippen LogP contribution in [0.4, 0.5) is 0 Å². The van der Waals surface area contributed by atoms with Crippen molar-refractivity contribution in [3.63, 3.8) is 0 Å². The van der Waals surface area contributed by atoms with Gasteiger partial charge in [-0.15, -0.1) is 0 Å². The van der Waals surface area contributed by atoms with Crippen LogP contribution in [-0.2, 0) is 6.42 Å². The molecule has 1 aliphatic heterocycles. The van der Waals surface area contributed by atoms with Crippen LogP contribution in [0.2, 0.25) is 0 Å². The Hall–Kier alpha value is -0.900. The van der Waals surface area contributed by atoms with Gasteiger partial charge in [0.25, 0.3) is 0 Å². The Balaban J connectivity index is 1.40. The van der Waals surface area contributed by atoms with Gasteiger partial charge in [-0.1, -0.05) is 49.6 Å². The van der Waals surface area contributed by atoms with Crippen molar-refractivity contribution in [1.29, 1.82) is 0 Å². The Morgan fingerprint density at radius 1 is 1.04 bits per heavy atom. The minimum Gasteiger partial charge on any atom is -0.391 e. The third-order valence-electron chi connectivity index (χ3n) is 5.98. The van der Waals surface area contributed by atoms with Crippen LogP contribution in [0, 0.1) is 0 Å². The molecule has 1 aromatic carbocycles. The second kappa shape index (κ2) is 8.98. The maximum atomic E-state index is 10.5. The van der Waals surface area contributed by atoms with Crippen molar-refractivity contribution >= 4 is 0 Å². The minimum atomic E-state index is -0.316. The Morgan fingerprint density at radius 3 is 2.38 bits per heavy atom. The summed E-state index contributed by atoms with van der Waals surface area (Å²) in [6.07, 6.45) is 9.95. The van der Waals surface area contributed by atoms with Crippen molar-refractivity contribution in [2.24, 2.45) is 0 Å². The summed E-state index contributed by atoms with van der Waals surface area (Å²) in [5.41, 5.74) is 1.21. The maximum absolute atomic E-state index is 10.5. The first-order valence-electron chi connectivity index (χ1n) is 9.94.